The molecule has 3 unspecified atom stereocenters. The van der Waals surface area contributed by atoms with Gasteiger partial charge in [-0.05, 0) is 55.6 Å². The molecular weight excluding hydrogens is 374 g/mol. The van der Waals surface area contributed by atoms with Gasteiger partial charge in [0.25, 0.3) is 0 Å². The highest BCUT2D eigenvalue weighted by Crippen LogP contribution is 2.33. The lowest BCUT2D eigenvalue weighted by Crippen LogP contribution is -2.51. The molecule has 1 aromatic carbocycles. The Morgan fingerprint density at radius 2 is 1.67 bits per heavy atom. The van der Waals surface area contributed by atoms with E-state index in [1.807, 2.05) is 6.92 Å². The molecule has 1 saturated heterocycles. The average molecular weight is 414 g/mol. The van der Waals surface area contributed by atoms with Crippen LogP contribution in [0.3, 0.4) is 0 Å². The lowest BCUT2D eigenvalue weighted by Gasteiger charge is -2.35. The van der Waals surface area contributed by atoms with Gasteiger partial charge in [-0.2, -0.15) is 0 Å². The van der Waals surface area contributed by atoms with Crippen molar-refractivity contribution in [2.24, 2.45) is 17.6 Å². The molecule has 3 N–H and O–H groups in total. The molecule has 1 heterocycles. The molecule has 1 aromatic rings. The van der Waals surface area contributed by atoms with Gasteiger partial charge < -0.3 is 10.6 Å². The number of hydrogen-bond donors (Lipinski definition) is 2. The minimum Gasteiger partial charge on any atom is -0.369 e. The van der Waals surface area contributed by atoms with E-state index >= 15 is 0 Å². The highest BCUT2D eigenvalue weighted by molar-refractivity contribution is 5.83. The Balaban J connectivity index is 1.64. The molecule has 0 aromatic heterocycles. The summed E-state index contributed by atoms with van der Waals surface area (Å²) in [5, 5.41) is 3.57. The predicted molar refractivity (Wildman–Crippen MR) is 121 cm³/mol. The Hall–Kier alpha value is -1.88. The molecule has 30 heavy (non-hydrogen) atoms. The molecule has 0 bridgehead atoms. The fourth-order valence-corrected chi connectivity index (χ4v) is 5.11. The fourth-order valence-electron chi connectivity index (χ4n) is 5.11. The van der Waals surface area contributed by atoms with Crippen molar-refractivity contribution in [3.05, 3.63) is 35.4 Å². The Bertz CT molecular complexity index is 710. The molecule has 3 rings (SSSR count). The number of piperidine rings is 1. The van der Waals surface area contributed by atoms with Crippen molar-refractivity contribution < 1.29 is 9.59 Å². The number of primary amides is 1. The van der Waals surface area contributed by atoms with Gasteiger partial charge in [0.05, 0.1) is 12.0 Å². The summed E-state index contributed by atoms with van der Waals surface area (Å²) < 4.78 is 0. The second kappa shape index (κ2) is 10.4. The van der Waals surface area contributed by atoms with Crippen molar-refractivity contribution in [2.45, 2.75) is 83.7 Å². The third kappa shape index (κ3) is 5.63. The van der Waals surface area contributed by atoms with Crippen LogP contribution in [0.4, 0.5) is 0 Å². The van der Waals surface area contributed by atoms with Gasteiger partial charge in [-0.1, -0.05) is 57.4 Å². The molecule has 2 aliphatic rings. The number of carbonyl (C=O) groups excluding carboxylic acids is 2. The topological polar surface area (TPSA) is 75.4 Å². The van der Waals surface area contributed by atoms with Crippen LogP contribution >= 0.6 is 0 Å². The van der Waals surface area contributed by atoms with Crippen LogP contribution in [0.5, 0.6) is 0 Å². The molecule has 3 atom stereocenters. The van der Waals surface area contributed by atoms with Crippen LogP contribution in [0.15, 0.2) is 24.3 Å². The van der Waals surface area contributed by atoms with Crippen LogP contribution in [0.25, 0.3) is 0 Å². The van der Waals surface area contributed by atoms with Crippen molar-refractivity contribution in [2.75, 3.05) is 13.1 Å². The monoisotopic (exact) mass is 413 g/mol. The number of amides is 2. The van der Waals surface area contributed by atoms with E-state index in [0.29, 0.717) is 24.9 Å². The maximum absolute atomic E-state index is 13.0. The molecule has 1 aliphatic carbocycles. The van der Waals surface area contributed by atoms with Crippen molar-refractivity contribution in [1.82, 2.24) is 10.2 Å². The van der Waals surface area contributed by atoms with Gasteiger partial charge in [-0.25, -0.2) is 0 Å². The number of hydrogen-bond acceptors (Lipinski definition) is 3. The van der Waals surface area contributed by atoms with Gasteiger partial charge in [0.1, 0.15) is 0 Å². The normalized spacial score (nSPS) is 22.7. The molecule has 5 nitrogen and oxygen atoms in total. The lowest BCUT2D eigenvalue weighted by molar-refractivity contribution is -0.136. The van der Waals surface area contributed by atoms with Crippen LogP contribution in [0, 0.1) is 11.8 Å². The molecule has 5 heteroatoms. The summed E-state index contributed by atoms with van der Waals surface area (Å²) in [7, 11) is 0. The number of nitrogens with zero attached hydrogens (tertiary/aromatic N) is 1. The van der Waals surface area contributed by atoms with Crippen LogP contribution in [-0.4, -0.2) is 35.8 Å². The summed E-state index contributed by atoms with van der Waals surface area (Å²) in [4.78, 5) is 26.4. The first kappa shape index (κ1) is 22.8. The quantitative estimate of drug-likeness (QED) is 0.706. The zero-order valence-electron chi connectivity index (χ0n) is 18.9. The average Bonchev–Trinajstić information content (AvgIpc) is 2.77. The number of nitrogens with two attached hydrogens (primary N) is 1. The van der Waals surface area contributed by atoms with Gasteiger partial charge in [0, 0.05) is 19.1 Å². The van der Waals surface area contributed by atoms with E-state index in [1.54, 1.807) is 4.90 Å². The Kier molecular flexibility index (Phi) is 7.93. The Labute approximate surface area is 181 Å². The molecular formula is C25H39N3O2. The van der Waals surface area contributed by atoms with Crippen molar-refractivity contribution in [1.29, 1.82) is 0 Å². The number of benzene rings is 1. The minimum atomic E-state index is -0.304. The van der Waals surface area contributed by atoms with Gasteiger partial charge >= 0.3 is 0 Å². The van der Waals surface area contributed by atoms with E-state index in [1.165, 1.54) is 43.2 Å². The summed E-state index contributed by atoms with van der Waals surface area (Å²) in [6, 6.07) is 8.86. The molecule has 0 spiro atoms. The third-order valence-corrected chi connectivity index (χ3v) is 6.97. The predicted octanol–water partition coefficient (Wildman–Crippen LogP) is 4.13. The zero-order valence-corrected chi connectivity index (χ0v) is 18.9. The maximum atomic E-state index is 13.0. The van der Waals surface area contributed by atoms with E-state index in [0.717, 1.165) is 12.8 Å². The van der Waals surface area contributed by atoms with Crippen LogP contribution in [-0.2, 0) is 9.59 Å². The fraction of sp³-hybridized carbons (Fsp3) is 0.680. The van der Waals surface area contributed by atoms with Crippen molar-refractivity contribution >= 4 is 11.8 Å². The molecule has 2 amide bonds. The molecule has 2 fully saturated rings. The zero-order chi connectivity index (χ0) is 21.7. The highest BCUT2D eigenvalue weighted by atomic mass is 16.2. The number of likely N-dealkylation sites (tertiary alicyclic amines) is 1. The summed E-state index contributed by atoms with van der Waals surface area (Å²) in [5.41, 5.74) is 8.16. The van der Waals surface area contributed by atoms with E-state index in [-0.39, 0.29) is 29.8 Å². The van der Waals surface area contributed by atoms with Crippen LogP contribution < -0.4 is 11.1 Å². The van der Waals surface area contributed by atoms with E-state index < -0.39 is 0 Å². The largest absolute Gasteiger partial charge is 0.369 e. The number of nitrogens with one attached hydrogen (secondary N) is 1. The summed E-state index contributed by atoms with van der Waals surface area (Å²) >= 11 is 0. The summed E-state index contributed by atoms with van der Waals surface area (Å²) in [5.74, 6) is 0.608. The molecule has 0 radical (unpaired) electrons. The van der Waals surface area contributed by atoms with Gasteiger partial charge in [-0.3, -0.25) is 14.9 Å². The number of carbonyl (C=O) groups is 2. The summed E-state index contributed by atoms with van der Waals surface area (Å²) in [6.45, 7) is 7.46. The second-order valence-corrected chi connectivity index (χ2v) is 9.64. The first-order chi connectivity index (χ1) is 14.4. The van der Waals surface area contributed by atoms with E-state index in [9.17, 15) is 9.59 Å². The maximum Gasteiger partial charge on any atom is 0.239 e. The first-order valence-corrected chi connectivity index (χ1v) is 11.8. The minimum absolute atomic E-state index is 0.0606. The van der Waals surface area contributed by atoms with Gasteiger partial charge in [0.2, 0.25) is 11.8 Å². The van der Waals surface area contributed by atoms with Crippen molar-refractivity contribution in [3.63, 3.8) is 0 Å². The van der Waals surface area contributed by atoms with Gasteiger partial charge in [-0.15, -0.1) is 0 Å². The summed E-state index contributed by atoms with van der Waals surface area (Å²) in [6.07, 6.45) is 8.28. The van der Waals surface area contributed by atoms with Crippen LogP contribution in [0.2, 0.25) is 0 Å². The van der Waals surface area contributed by atoms with E-state index in [2.05, 4.69) is 43.4 Å². The Morgan fingerprint density at radius 1 is 1.00 bits per heavy atom. The smallest absolute Gasteiger partial charge is 0.239 e. The SMILES string of the molecule is CC(NC(c1ccc(C2CCCCC2)cc1)C(C)C)C(=O)N1CCCC(C(N)=O)C1. The molecule has 1 aliphatic heterocycles. The Morgan fingerprint density at radius 3 is 2.27 bits per heavy atom. The van der Waals surface area contributed by atoms with E-state index in [4.69, 9.17) is 5.73 Å². The standard InChI is InChI=1S/C25H39N3O2/c1-17(2)23(21-13-11-20(12-14-21)19-8-5-4-6-9-19)27-18(3)25(30)28-15-7-10-22(16-28)24(26)29/h11-14,17-19,22-23,27H,4-10,15-16H2,1-3H3,(H2,26,29). The molecule has 166 valence electrons. The highest BCUT2D eigenvalue weighted by Gasteiger charge is 2.31. The molecule has 1 saturated carbocycles. The van der Waals surface area contributed by atoms with Crippen LogP contribution in [0.1, 0.15) is 88.8 Å². The first-order valence-electron chi connectivity index (χ1n) is 11.8. The number of rotatable bonds is 7. The van der Waals surface area contributed by atoms with Crippen molar-refractivity contribution in [3.8, 4) is 0 Å². The van der Waals surface area contributed by atoms with Gasteiger partial charge in [0.15, 0.2) is 0 Å². The second-order valence-electron chi connectivity index (χ2n) is 9.64. The third-order valence-electron chi connectivity index (χ3n) is 6.97. The lowest BCUT2D eigenvalue weighted by atomic mass is 9.83.